The molecule has 0 amide bonds. The van der Waals surface area contributed by atoms with E-state index in [4.69, 9.17) is 4.74 Å². The highest BCUT2D eigenvalue weighted by Crippen LogP contribution is 2.34. The van der Waals surface area contributed by atoms with Gasteiger partial charge in [0.1, 0.15) is 11.9 Å². The summed E-state index contributed by atoms with van der Waals surface area (Å²) in [6.07, 6.45) is 4.10. The highest BCUT2D eigenvalue weighted by molar-refractivity contribution is 5.61. The summed E-state index contributed by atoms with van der Waals surface area (Å²) in [5.41, 5.74) is 2.71. The molecule has 1 aromatic carbocycles. The van der Waals surface area contributed by atoms with E-state index >= 15 is 0 Å². The van der Waals surface area contributed by atoms with E-state index in [1.165, 1.54) is 43.6 Å². The largest absolute Gasteiger partial charge is 0.487 e. The fraction of sp³-hybridized carbons (Fsp3) is 0.625. The van der Waals surface area contributed by atoms with E-state index in [2.05, 4.69) is 42.4 Å². The second-order valence-electron chi connectivity index (χ2n) is 6.01. The minimum Gasteiger partial charge on any atom is -0.487 e. The molecule has 3 rings (SSSR count). The Labute approximate surface area is 115 Å². The van der Waals surface area contributed by atoms with Gasteiger partial charge in [0.25, 0.3) is 0 Å². The molecule has 3 heteroatoms. The van der Waals surface area contributed by atoms with Crippen molar-refractivity contribution in [3.05, 3.63) is 23.8 Å². The van der Waals surface area contributed by atoms with Gasteiger partial charge in [-0.15, -0.1) is 0 Å². The number of nitrogens with one attached hydrogen (secondary N) is 1. The van der Waals surface area contributed by atoms with Gasteiger partial charge < -0.3 is 15.0 Å². The van der Waals surface area contributed by atoms with Gasteiger partial charge >= 0.3 is 0 Å². The Morgan fingerprint density at radius 3 is 2.89 bits per heavy atom. The average Bonchev–Trinajstić information content (AvgIpc) is 2.40. The first kappa shape index (κ1) is 12.8. The molecule has 2 aliphatic rings. The van der Waals surface area contributed by atoms with Crippen LogP contribution in [0, 0.1) is 5.92 Å². The van der Waals surface area contributed by atoms with Gasteiger partial charge in [0.05, 0.1) is 12.2 Å². The number of anilines is 1. The maximum atomic E-state index is 5.90. The Morgan fingerprint density at radius 2 is 2.11 bits per heavy atom. The number of fused-ring (bicyclic) bond motifs is 1. The second-order valence-corrected chi connectivity index (χ2v) is 6.01. The van der Waals surface area contributed by atoms with Crippen molar-refractivity contribution in [1.82, 2.24) is 5.32 Å². The molecule has 3 nitrogen and oxygen atoms in total. The van der Waals surface area contributed by atoms with Crippen molar-refractivity contribution in [1.29, 1.82) is 0 Å². The quantitative estimate of drug-likeness (QED) is 0.884. The Bertz CT molecular complexity index is 440. The summed E-state index contributed by atoms with van der Waals surface area (Å²) in [6.45, 7) is 5.46. The van der Waals surface area contributed by atoms with Gasteiger partial charge in [-0.3, -0.25) is 0 Å². The van der Waals surface area contributed by atoms with Gasteiger partial charge in [-0.2, -0.15) is 0 Å². The lowest BCUT2D eigenvalue weighted by Crippen LogP contribution is -2.35. The SMILES string of the molecule is CC1CN(C)c2cc(CC3CCNCC3)ccc2O1. The fourth-order valence-corrected chi connectivity index (χ4v) is 3.25. The summed E-state index contributed by atoms with van der Waals surface area (Å²) in [5.74, 6) is 1.88. The normalized spacial score (nSPS) is 23.9. The number of nitrogens with zero attached hydrogens (tertiary/aromatic N) is 1. The van der Waals surface area contributed by atoms with E-state index in [0.717, 1.165) is 18.2 Å². The van der Waals surface area contributed by atoms with Crippen molar-refractivity contribution in [3.8, 4) is 5.75 Å². The number of likely N-dealkylation sites (N-methyl/N-ethyl adjacent to an activating group) is 1. The van der Waals surface area contributed by atoms with E-state index in [-0.39, 0.29) is 6.10 Å². The zero-order valence-corrected chi connectivity index (χ0v) is 12.0. The average molecular weight is 260 g/mol. The van der Waals surface area contributed by atoms with Crippen molar-refractivity contribution in [2.45, 2.75) is 32.3 Å². The molecule has 1 aromatic rings. The lowest BCUT2D eigenvalue weighted by atomic mass is 9.90. The van der Waals surface area contributed by atoms with Gasteiger partial charge in [-0.05, 0) is 62.9 Å². The fourth-order valence-electron chi connectivity index (χ4n) is 3.25. The van der Waals surface area contributed by atoms with Crippen molar-refractivity contribution >= 4 is 5.69 Å². The second kappa shape index (κ2) is 5.41. The molecule has 1 atom stereocenters. The highest BCUT2D eigenvalue weighted by atomic mass is 16.5. The number of rotatable bonds is 2. The van der Waals surface area contributed by atoms with Crippen LogP contribution in [-0.2, 0) is 6.42 Å². The van der Waals surface area contributed by atoms with E-state index in [1.807, 2.05) is 0 Å². The molecule has 1 unspecified atom stereocenters. The van der Waals surface area contributed by atoms with E-state index in [1.54, 1.807) is 0 Å². The lowest BCUT2D eigenvalue weighted by Gasteiger charge is -2.32. The molecule has 0 aliphatic carbocycles. The van der Waals surface area contributed by atoms with Crippen LogP contribution in [-0.4, -0.2) is 32.8 Å². The third-order valence-electron chi connectivity index (χ3n) is 4.28. The maximum absolute atomic E-state index is 5.90. The predicted molar refractivity (Wildman–Crippen MR) is 79.1 cm³/mol. The zero-order chi connectivity index (χ0) is 13.2. The smallest absolute Gasteiger partial charge is 0.143 e. The molecule has 1 saturated heterocycles. The van der Waals surface area contributed by atoms with Crippen molar-refractivity contribution in [2.24, 2.45) is 5.92 Å². The Kier molecular flexibility index (Phi) is 3.65. The first-order chi connectivity index (χ1) is 9.22. The van der Waals surface area contributed by atoms with Crippen LogP contribution in [0.5, 0.6) is 5.75 Å². The summed E-state index contributed by atoms with van der Waals surface area (Å²) in [5, 5.41) is 3.43. The molecular weight excluding hydrogens is 236 g/mol. The third-order valence-corrected chi connectivity index (χ3v) is 4.28. The molecular formula is C16H24N2O. The van der Waals surface area contributed by atoms with Gasteiger partial charge in [0.15, 0.2) is 0 Å². The van der Waals surface area contributed by atoms with Crippen molar-refractivity contribution in [2.75, 3.05) is 31.6 Å². The molecule has 19 heavy (non-hydrogen) atoms. The first-order valence-electron chi connectivity index (χ1n) is 7.44. The molecule has 1 fully saturated rings. The van der Waals surface area contributed by atoms with Crippen molar-refractivity contribution < 1.29 is 4.74 Å². The third kappa shape index (κ3) is 2.86. The number of hydrogen-bond donors (Lipinski definition) is 1. The predicted octanol–water partition coefficient (Wildman–Crippen LogP) is 2.45. The van der Waals surface area contributed by atoms with Gasteiger partial charge in [-0.25, -0.2) is 0 Å². The molecule has 104 valence electrons. The Morgan fingerprint density at radius 1 is 1.32 bits per heavy atom. The molecule has 2 heterocycles. The van der Waals surface area contributed by atoms with Crippen LogP contribution >= 0.6 is 0 Å². The van der Waals surface area contributed by atoms with Crippen LogP contribution < -0.4 is 15.0 Å². The van der Waals surface area contributed by atoms with Crippen molar-refractivity contribution in [3.63, 3.8) is 0 Å². The summed E-state index contributed by atoms with van der Waals surface area (Å²) in [6, 6.07) is 6.72. The molecule has 0 bridgehead atoms. The zero-order valence-electron chi connectivity index (χ0n) is 12.0. The molecule has 0 spiro atoms. The van der Waals surface area contributed by atoms with Crippen LogP contribution in [0.25, 0.3) is 0 Å². The first-order valence-corrected chi connectivity index (χ1v) is 7.44. The number of ether oxygens (including phenoxy) is 1. The molecule has 0 saturated carbocycles. The molecule has 2 aliphatic heterocycles. The van der Waals surface area contributed by atoms with E-state index in [0.29, 0.717) is 0 Å². The van der Waals surface area contributed by atoms with Crippen LogP contribution in [0.3, 0.4) is 0 Å². The lowest BCUT2D eigenvalue weighted by molar-refractivity contribution is 0.215. The minimum absolute atomic E-state index is 0.285. The minimum atomic E-state index is 0.285. The topological polar surface area (TPSA) is 24.5 Å². The standard InChI is InChI=1S/C16H24N2O/c1-12-11-18(2)15-10-14(3-4-16(15)19-12)9-13-5-7-17-8-6-13/h3-4,10,12-13,17H,5-9,11H2,1-2H3. The molecule has 0 aromatic heterocycles. The molecule has 0 radical (unpaired) electrons. The number of hydrogen-bond acceptors (Lipinski definition) is 3. The molecule has 1 N–H and O–H groups in total. The Hall–Kier alpha value is -1.22. The summed E-state index contributed by atoms with van der Waals surface area (Å²) in [4.78, 5) is 2.31. The highest BCUT2D eigenvalue weighted by Gasteiger charge is 2.21. The van der Waals surface area contributed by atoms with Crippen LogP contribution in [0.2, 0.25) is 0 Å². The van der Waals surface area contributed by atoms with Gasteiger partial charge in [-0.1, -0.05) is 6.07 Å². The number of benzene rings is 1. The summed E-state index contributed by atoms with van der Waals surface area (Å²) >= 11 is 0. The monoisotopic (exact) mass is 260 g/mol. The van der Waals surface area contributed by atoms with Gasteiger partial charge in [0.2, 0.25) is 0 Å². The summed E-state index contributed by atoms with van der Waals surface area (Å²) in [7, 11) is 2.16. The Balaban J connectivity index is 1.75. The van der Waals surface area contributed by atoms with Crippen LogP contribution in [0.4, 0.5) is 5.69 Å². The number of piperidine rings is 1. The van der Waals surface area contributed by atoms with Crippen LogP contribution in [0.1, 0.15) is 25.3 Å². The van der Waals surface area contributed by atoms with Gasteiger partial charge in [0, 0.05) is 7.05 Å². The van der Waals surface area contributed by atoms with Crippen LogP contribution in [0.15, 0.2) is 18.2 Å². The van der Waals surface area contributed by atoms with E-state index in [9.17, 15) is 0 Å². The van der Waals surface area contributed by atoms with E-state index < -0.39 is 0 Å². The maximum Gasteiger partial charge on any atom is 0.143 e. The summed E-state index contributed by atoms with van der Waals surface area (Å²) < 4.78 is 5.90.